The lowest BCUT2D eigenvalue weighted by atomic mass is 9.83. The Balaban J connectivity index is 2.37. The van der Waals surface area contributed by atoms with E-state index in [9.17, 15) is 30.0 Å². The molecule has 0 bridgehead atoms. The van der Waals surface area contributed by atoms with E-state index in [0.717, 1.165) is 0 Å². The molecule has 1 saturated carbocycles. The summed E-state index contributed by atoms with van der Waals surface area (Å²) in [7, 11) is 1.62. The zero-order chi connectivity index (χ0) is 31.4. The average Bonchev–Trinajstić information content (AvgIpc) is 2.98. The van der Waals surface area contributed by atoms with Gasteiger partial charge in [0.1, 0.15) is 36.3 Å². The van der Waals surface area contributed by atoms with Crippen LogP contribution in [0.3, 0.4) is 0 Å². The van der Waals surface area contributed by atoms with Crippen molar-refractivity contribution in [2.75, 3.05) is 39.9 Å². The van der Waals surface area contributed by atoms with Crippen LogP contribution in [-0.4, -0.2) is 139 Å². The molecule has 1 aliphatic carbocycles. The van der Waals surface area contributed by atoms with Crippen molar-refractivity contribution in [3.05, 3.63) is 11.8 Å². The van der Waals surface area contributed by atoms with Gasteiger partial charge in [-0.15, -0.1) is 0 Å². The summed E-state index contributed by atoms with van der Waals surface area (Å²) < 4.78 is 23.6. The lowest BCUT2D eigenvalue weighted by Gasteiger charge is -2.46. The molecule has 1 heterocycles. The van der Waals surface area contributed by atoms with Gasteiger partial charge < -0.3 is 78.3 Å². The van der Waals surface area contributed by atoms with Crippen molar-refractivity contribution in [2.24, 2.45) is 22.9 Å². The minimum absolute atomic E-state index is 0.00300. The maximum Gasteiger partial charge on any atom is 0.249 e. The Kier molecular flexibility index (Phi) is 15.5. The Hall–Kier alpha value is -2.00. The number of aliphatic hydroxyl groups is 4. The van der Waals surface area contributed by atoms with E-state index in [1.807, 2.05) is 0 Å². The van der Waals surface area contributed by atoms with E-state index in [2.05, 4.69) is 16.0 Å². The first-order chi connectivity index (χ1) is 20.0. The number of aliphatic hydroxyl groups excluding tert-OH is 4. The molecule has 2 amide bonds. The van der Waals surface area contributed by atoms with E-state index in [0.29, 0.717) is 12.2 Å². The second-order valence-corrected chi connectivity index (χ2v) is 10.3. The largest absolute Gasteiger partial charge is 0.466 e. The van der Waals surface area contributed by atoms with Crippen molar-refractivity contribution >= 4 is 11.8 Å². The van der Waals surface area contributed by atoms with E-state index >= 15 is 0 Å². The van der Waals surface area contributed by atoms with E-state index in [1.165, 1.54) is 0 Å². The number of ether oxygens (including phenoxy) is 4. The fourth-order valence-electron chi connectivity index (χ4n) is 4.70. The molecule has 0 aromatic rings. The van der Waals surface area contributed by atoms with Crippen LogP contribution >= 0.6 is 0 Å². The number of rotatable bonds is 17. The number of carbonyl (C=O) groups is 2. The lowest BCUT2D eigenvalue weighted by Crippen LogP contribution is -2.67. The van der Waals surface area contributed by atoms with E-state index in [4.69, 9.17) is 41.9 Å². The molecule has 0 aromatic carbocycles. The van der Waals surface area contributed by atoms with E-state index in [-0.39, 0.29) is 45.7 Å². The molecule has 17 heteroatoms. The summed E-state index contributed by atoms with van der Waals surface area (Å²) >= 11 is 0. The number of amides is 2. The van der Waals surface area contributed by atoms with E-state index in [1.54, 1.807) is 20.0 Å². The van der Waals surface area contributed by atoms with Crippen molar-refractivity contribution in [1.82, 2.24) is 16.0 Å². The van der Waals surface area contributed by atoms with Gasteiger partial charge in [0.25, 0.3) is 0 Å². The predicted octanol–water partition coefficient (Wildman–Crippen LogP) is -5.62. The number of carbonyl (C=O) groups excluding carboxylic acids is 2. The van der Waals surface area contributed by atoms with Crippen LogP contribution in [0.5, 0.6) is 0 Å². The topological polar surface area (TPSA) is 292 Å². The van der Waals surface area contributed by atoms with Gasteiger partial charge in [-0.25, -0.2) is 0 Å². The van der Waals surface area contributed by atoms with Crippen molar-refractivity contribution in [3.63, 3.8) is 0 Å². The number of likely N-dealkylation sites (N-methyl/N-ethyl adjacent to an activating group) is 1. The van der Waals surface area contributed by atoms with Gasteiger partial charge in [0.05, 0.1) is 38.4 Å². The van der Waals surface area contributed by atoms with Crippen molar-refractivity contribution in [3.8, 4) is 0 Å². The lowest BCUT2D eigenvalue weighted by molar-refractivity contribution is -0.273. The van der Waals surface area contributed by atoms with Crippen LogP contribution in [0, 0.1) is 0 Å². The van der Waals surface area contributed by atoms with Crippen LogP contribution in [0.1, 0.15) is 26.2 Å². The summed E-state index contributed by atoms with van der Waals surface area (Å²) in [5.74, 6) is -0.801. The van der Waals surface area contributed by atoms with Gasteiger partial charge in [-0.3, -0.25) is 9.59 Å². The van der Waals surface area contributed by atoms with Gasteiger partial charge in [-0.2, -0.15) is 0 Å². The van der Waals surface area contributed by atoms with Gasteiger partial charge in [0.2, 0.25) is 18.1 Å². The minimum Gasteiger partial charge on any atom is -0.466 e. The maximum absolute atomic E-state index is 12.7. The SMILES string of the molecule is CN[C@@H](C)[C@@H](O)[C@H](OCCO)O[C@@H]1[C@@H](O)[C@H](O[C@H]2OC(CN)=CC[C@H]2NC(=O)CN)[C@@H](N)C[C@H]1NC(=O)[C@@H](O)CCN. The quantitative estimate of drug-likeness (QED) is 0.0687. The summed E-state index contributed by atoms with van der Waals surface area (Å²) in [6.45, 7) is 0.959. The maximum atomic E-state index is 12.7. The third kappa shape index (κ3) is 10.0. The van der Waals surface area contributed by atoms with Crippen molar-refractivity contribution < 1.29 is 49.0 Å². The fourth-order valence-corrected chi connectivity index (χ4v) is 4.70. The molecule has 2 rings (SSSR count). The number of nitrogens with two attached hydrogens (primary N) is 4. The smallest absolute Gasteiger partial charge is 0.249 e. The molecule has 17 nitrogen and oxygen atoms in total. The first kappa shape index (κ1) is 36.2. The molecule has 0 unspecified atom stereocenters. The standard InChI is InChI=1S/C25H49N7O10/c1-12(30-2)19(36)25(39-8-7-33)42-22-16(32-23(38)17(34)5-6-26)9-14(29)21(20(22)37)41-24-15(31-18(35)11-28)4-3-13(10-27)40-24/h3,12,14-17,19-22,24-25,30,33-34,36-37H,4-11,26-29H2,1-2H3,(H,31,35)(H,32,38)/t12-,14-,15+,16+,17-,19+,20-,21+,22-,24+,25+/m0/s1. The molecular weight excluding hydrogens is 558 g/mol. The number of nitrogens with one attached hydrogen (secondary N) is 3. The van der Waals surface area contributed by atoms with Crippen molar-refractivity contribution in [2.45, 2.75) is 93.5 Å². The summed E-state index contributed by atoms with van der Waals surface area (Å²) in [4.78, 5) is 24.7. The van der Waals surface area contributed by atoms with Gasteiger partial charge >= 0.3 is 0 Å². The summed E-state index contributed by atoms with van der Waals surface area (Å²) in [5.41, 5.74) is 23.1. The molecular formula is C25H49N7O10. The molecule has 2 aliphatic rings. The van der Waals surface area contributed by atoms with Crippen LogP contribution in [-0.2, 0) is 28.5 Å². The molecule has 15 N–H and O–H groups in total. The highest BCUT2D eigenvalue weighted by atomic mass is 16.7. The molecule has 0 spiro atoms. The predicted molar refractivity (Wildman–Crippen MR) is 149 cm³/mol. The third-order valence-corrected chi connectivity index (χ3v) is 7.22. The zero-order valence-corrected chi connectivity index (χ0v) is 24.1. The molecule has 244 valence electrons. The number of hydrogen-bond acceptors (Lipinski definition) is 15. The highest BCUT2D eigenvalue weighted by molar-refractivity contribution is 5.80. The van der Waals surface area contributed by atoms with Crippen LogP contribution < -0.4 is 38.9 Å². The number of hydrogen-bond donors (Lipinski definition) is 11. The fraction of sp³-hybridized carbons (Fsp3) is 0.840. The molecule has 42 heavy (non-hydrogen) atoms. The van der Waals surface area contributed by atoms with Gasteiger partial charge in [-0.1, -0.05) is 0 Å². The Bertz CT molecular complexity index is 871. The van der Waals surface area contributed by atoms with Gasteiger partial charge in [0, 0.05) is 12.1 Å². The molecule has 0 radical (unpaired) electrons. The highest BCUT2D eigenvalue weighted by Gasteiger charge is 2.49. The molecule has 0 aromatic heterocycles. The second-order valence-electron chi connectivity index (χ2n) is 10.3. The second kappa shape index (κ2) is 18.0. The van der Waals surface area contributed by atoms with Crippen molar-refractivity contribution in [1.29, 1.82) is 0 Å². The molecule has 11 atom stereocenters. The molecule has 0 saturated heterocycles. The summed E-state index contributed by atoms with van der Waals surface area (Å²) in [6, 6.07) is -3.08. The summed E-state index contributed by atoms with van der Waals surface area (Å²) in [6.07, 6.45) is -7.12. The monoisotopic (exact) mass is 607 g/mol. The van der Waals surface area contributed by atoms with Crippen LogP contribution in [0.2, 0.25) is 0 Å². The van der Waals surface area contributed by atoms with Gasteiger partial charge in [0.15, 0.2) is 6.29 Å². The van der Waals surface area contributed by atoms with E-state index < -0.39 is 79.1 Å². The Morgan fingerprint density at radius 3 is 2.48 bits per heavy atom. The van der Waals surface area contributed by atoms with Crippen LogP contribution in [0.4, 0.5) is 0 Å². The molecule has 1 aliphatic heterocycles. The van der Waals surface area contributed by atoms with Gasteiger partial charge in [-0.05, 0) is 45.9 Å². The molecule has 1 fully saturated rings. The first-order valence-corrected chi connectivity index (χ1v) is 14.1. The third-order valence-electron chi connectivity index (χ3n) is 7.22. The average molecular weight is 608 g/mol. The Labute approximate surface area is 245 Å². The first-order valence-electron chi connectivity index (χ1n) is 14.1. The van der Waals surface area contributed by atoms with Crippen LogP contribution in [0.15, 0.2) is 11.8 Å². The Morgan fingerprint density at radius 2 is 1.88 bits per heavy atom. The zero-order valence-electron chi connectivity index (χ0n) is 24.1. The highest BCUT2D eigenvalue weighted by Crippen LogP contribution is 2.30. The van der Waals surface area contributed by atoms with Crippen LogP contribution in [0.25, 0.3) is 0 Å². The Morgan fingerprint density at radius 1 is 1.17 bits per heavy atom. The minimum atomic E-state index is -1.54. The normalized spacial score (nSPS) is 30.8. The summed E-state index contributed by atoms with van der Waals surface area (Å²) in [5, 5.41) is 50.2.